The Morgan fingerprint density at radius 2 is 2.08 bits per heavy atom. The van der Waals surface area contributed by atoms with E-state index in [0.29, 0.717) is 11.3 Å². The molecule has 0 spiro atoms. The molecule has 1 aromatic carbocycles. The predicted molar refractivity (Wildman–Crippen MR) is 48.1 cm³/mol. The highest BCUT2D eigenvalue weighted by molar-refractivity contribution is 5.65. The highest BCUT2D eigenvalue weighted by Gasteiger charge is 2.05. The van der Waals surface area contributed by atoms with Gasteiger partial charge in [-0.25, -0.2) is 0 Å². The molecule has 1 aromatic heterocycles. The summed E-state index contributed by atoms with van der Waals surface area (Å²) in [5.74, 6) is 0.225. The quantitative estimate of drug-likeness (QED) is 0.708. The summed E-state index contributed by atoms with van der Waals surface area (Å²) in [5.41, 5.74) is 1.39. The molecule has 0 amide bonds. The van der Waals surface area contributed by atoms with Crippen LogP contribution in [0.5, 0.6) is 5.75 Å². The Kier molecular flexibility index (Phi) is 1.73. The second kappa shape index (κ2) is 2.90. The van der Waals surface area contributed by atoms with Crippen LogP contribution < -0.4 is 0 Å². The molecule has 0 bridgehead atoms. The van der Waals surface area contributed by atoms with Gasteiger partial charge in [0.05, 0.1) is 6.20 Å². The molecule has 1 heterocycles. The number of aromatic hydroxyl groups is 1. The van der Waals surface area contributed by atoms with E-state index in [2.05, 4.69) is 10.2 Å². The Balaban J connectivity index is 2.52. The zero-order chi connectivity index (χ0) is 9.26. The van der Waals surface area contributed by atoms with E-state index in [1.54, 1.807) is 31.4 Å². The van der Waals surface area contributed by atoms with Gasteiger partial charge in [-0.2, -0.15) is 15.0 Å². The molecule has 0 aliphatic carbocycles. The van der Waals surface area contributed by atoms with Gasteiger partial charge in [0.1, 0.15) is 11.4 Å². The van der Waals surface area contributed by atoms with E-state index in [1.807, 2.05) is 6.07 Å². The second-order valence-corrected chi connectivity index (χ2v) is 2.74. The third-order valence-electron chi connectivity index (χ3n) is 1.78. The van der Waals surface area contributed by atoms with Crippen molar-refractivity contribution in [2.75, 3.05) is 0 Å². The van der Waals surface area contributed by atoms with Gasteiger partial charge in [0.25, 0.3) is 0 Å². The summed E-state index contributed by atoms with van der Waals surface area (Å²) in [4.78, 5) is 1.46. The molecule has 0 saturated carbocycles. The first-order chi connectivity index (χ1) is 6.27. The van der Waals surface area contributed by atoms with Crippen LogP contribution in [0.2, 0.25) is 0 Å². The minimum Gasteiger partial charge on any atom is -0.507 e. The number of hydrogen-bond acceptors (Lipinski definition) is 3. The van der Waals surface area contributed by atoms with Crippen molar-refractivity contribution in [3.63, 3.8) is 0 Å². The smallest absolute Gasteiger partial charge is 0.125 e. The molecule has 13 heavy (non-hydrogen) atoms. The Morgan fingerprint density at radius 3 is 2.69 bits per heavy atom. The van der Waals surface area contributed by atoms with E-state index in [9.17, 15) is 5.11 Å². The molecule has 0 radical (unpaired) electrons. The lowest BCUT2D eigenvalue weighted by molar-refractivity contribution is 0.477. The van der Waals surface area contributed by atoms with Crippen LogP contribution in [0.4, 0.5) is 0 Å². The fourth-order valence-electron chi connectivity index (χ4n) is 1.16. The summed E-state index contributed by atoms with van der Waals surface area (Å²) < 4.78 is 0. The molecule has 2 aromatic rings. The zero-order valence-corrected chi connectivity index (χ0v) is 7.18. The molecular weight excluding hydrogens is 166 g/mol. The van der Waals surface area contributed by atoms with Gasteiger partial charge < -0.3 is 5.11 Å². The lowest BCUT2D eigenvalue weighted by Crippen LogP contribution is -1.91. The van der Waals surface area contributed by atoms with Crippen molar-refractivity contribution in [1.29, 1.82) is 0 Å². The van der Waals surface area contributed by atoms with Gasteiger partial charge in [0, 0.05) is 12.6 Å². The number of hydrogen-bond donors (Lipinski definition) is 1. The van der Waals surface area contributed by atoms with E-state index < -0.39 is 0 Å². The first kappa shape index (κ1) is 7.79. The molecule has 66 valence electrons. The maximum Gasteiger partial charge on any atom is 0.125 e. The molecule has 0 saturated heterocycles. The minimum atomic E-state index is 0.225. The SMILES string of the molecule is Cn1ncc(-c2ccccc2O)n1. The van der Waals surface area contributed by atoms with Crippen molar-refractivity contribution in [2.45, 2.75) is 0 Å². The second-order valence-electron chi connectivity index (χ2n) is 2.74. The van der Waals surface area contributed by atoms with E-state index >= 15 is 0 Å². The number of phenolic OH excluding ortho intramolecular Hbond substituents is 1. The summed E-state index contributed by atoms with van der Waals surface area (Å²) in [7, 11) is 1.74. The summed E-state index contributed by atoms with van der Waals surface area (Å²) in [6.07, 6.45) is 1.62. The number of nitrogens with zero attached hydrogens (tertiary/aromatic N) is 3. The number of benzene rings is 1. The molecule has 0 fully saturated rings. The van der Waals surface area contributed by atoms with E-state index in [-0.39, 0.29) is 5.75 Å². The number of phenols is 1. The number of aromatic nitrogens is 3. The highest BCUT2D eigenvalue weighted by atomic mass is 16.3. The minimum absolute atomic E-state index is 0.225. The van der Waals surface area contributed by atoms with Gasteiger partial charge in [-0.1, -0.05) is 12.1 Å². The number of para-hydroxylation sites is 1. The van der Waals surface area contributed by atoms with Crippen LogP contribution in [0.15, 0.2) is 30.5 Å². The first-order valence-corrected chi connectivity index (χ1v) is 3.92. The summed E-state index contributed by atoms with van der Waals surface area (Å²) in [6, 6.07) is 7.06. The molecule has 4 nitrogen and oxygen atoms in total. The third-order valence-corrected chi connectivity index (χ3v) is 1.78. The van der Waals surface area contributed by atoms with Crippen molar-refractivity contribution in [1.82, 2.24) is 15.0 Å². The Labute approximate surface area is 75.4 Å². The zero-order valence-electron chi connectivity index (χ0n) is 7.18. The highest BCUT2D eigenvalue weighted by Crippen LogP contribution is 2.25. The maximum atomic E-state index is 9.50. The maximum absolute atomic E-state index is 9.50. The molecular formula is C9H9N3O. The van der Waals surface area contributed by atoms with Crippen LogP contribution in [0, 0.1) is 0 Å². The van der Waals surface area contributed by atoms with Crippen LogP contribution in [0.25, 0.3) is 11.3 Å². The average Bonchev–Trinajstić information content (AvgIpc) is 2.53. The normalized spacial score (nSPS) is 10.2. The number of aryl methyl sites for hydroxylation is 1. The standard InChI is InChI=1S/C9H9N3O/c1-12-10-6-8(11-12)7-4-2-3-5-9(7)13/h2-6,13H,1H3. The molecule has 0 aliphatic heterocycles. The predicted octanol–water partition coefficient (Wildman–Crippen LogP) is 1.19. The monoisotopic (exact) mass is 175 g/mol. The fraction of sp³-hybridized carbons (Fsp3) is 0.111. The Morgan fingerprint density at radius 1 is 1.31 bits per heavy atom. The fourth-order valence-corrected chi connectivity index (χ4v) is 1.16. The summed E-state index contributed by atoms with van der Waals surface area (Å²) in [6.45, 7) is 0. The van der Waals surface area contributed by atoms with Crippen molar-refractivity contribution >= 4 is 0 Å². The van der Waals surface area contributed by atoms with Crippen LogP contribution in [0.3, 0.4) is 0 Å². The largest absolute Gasteiger partial charge is 0.507 e. The number of rotatable bonds is 1. The van der Waals surface area contributed by atoms with Crippen LogP contribution in [0.1, 0.15) is 0 Å². The van der Waals surface area contributed by atoms with Crippen molar-refractivity contribution in [3.8, 4) is 17.0 Å². The van der Waals surface area contributed by atoms with Gasteiger partial charge in [0.15, 0.2) is 0 Å². The van der Waals surface area contributed by atoms with Gasteiger partial charge in [0.2, 0.25) is 0 Å². The lowest BCUT2D eigenvalue weighted by Gasteiger charge is -1.97. The summed E-state index contributed by atoms with van der Waals surface area (Å²) in [5, 5.41) is 17.5. The van der Waals surface area contributed by atoms with E-state index in [1.165, 1.54) is 4.80 Å². The molecule has 2 rings (SSSR count). The Hall–Kier alpha value is -1.84. The first-order valence-electron chi connectivity index (χ1n) is 3.92. The van der Waals surface area contributed by atoms with Crippen LogP contribution in [-0.4, -0.2) is 20.1 Å². The van der Waals surface area contributed by atoms with Crippen molar-refractivity contribution in [3.05, 3.63) is 30.5 Å². The van der Waals surface area contributed by atoms with Crippen molar-refractivity contribution in [2.24, 2.45) is 7.05 Å². The van der Waals surface area contributed by atoms with Crippen molar-refractivity contribution < 1.29 is 5.11 Å². The van der Waals surface area contributed by atoms with Crippen LogP contribution in [-0.2, 0) is 7.05 Å². The van der Waals surface area contributed by atoms with Crippen LogP contribution >= 0.6 is 0 Å². The van der Waals surface area contributed by atoms with E-state index in [4.69, 9.17) is 0 Å². The molecule has 0 atom stereocenters. The third kappa shape index (κ3) is 1.38. The Bertz CT molecular complexity index is 422. The average molecular weight is 175 g/mol. The molecule has 1 N–H and O–H groups in total. The molecule has 0 aliphatic rings. The molecule has 4 heteroatoms. The van der Waals surface area contributed by atoms with Gasteiger partial charge in [-0.3, -0.25) is 0 Å². The van der Waals surface area contributed by atoms with Gasteiger partial charge >= 0.3 is 0 Å². The summed E-state index contributed by atoms with van der Waals surface area (Å²) >= 11 is 0. The lowest BCUT2D eigenvalue weighted by atomic mass is 10.1. The van der Waals surface area contributed by atoms with Gasteiger partial charge in [-0.15, -0.1) is 0 Å². The van der Waals surface area contributed by atoms with E-state index in [0.717, 1.165) is 0 Å². The molecule has 0 unspecified atom stereocenters. The topological polar surface area (TPSA) is 50.9 Å². The van der Waals surface area contributed by atoms with Gasteiger partial charge in [-0.05, 0) is 12.1 Å².